The molecule has 0 saturated heterocycles. The summed E-state index contributed by atoms with van der Waals surface area (Å²) in [6.07, 6.45) is 1.19. The molecule has 8 nitrogen and oxygen atoms in total. The van der Waals surface area contributed by atoms with Crippen LogP contribution in [0.4, 0.5) is 4.39 Å². The number of Topliss-reactive ketones (excluding diaryl/α,β-unsaturated/α-hetero) is 1. The Kier molecular flexibility index (Phi) is 7.06. The summed E-state index contributed by atoms with van der Waals surface area (Å²) in [4.78, 5) is 40.9. The molecule has 2 heterocycles. The van der Waals surface area contributed by atoms with Crippen LogP contribution in [0.1, 0.15) is 46.7 Å². The number of nitrogens with two attached hydrogens (primary N) is 1. The van der Waals surface area contributed by atoms with E-state index in [0.717, 1.165) is 16.7 Å². The van der Waals surface area contributed by atoms with E-state index in [1.807, 2.05) is 31.2 Å². The highest BCUT2D eigenvalue weighted by atomic mass is 19.1. The zero-order valence-electron chi connectivity index (χ0n) is 20.6. The van der Waals surface area contributed by atoms with Gasteiger partial charge < -0.3 is 20.0 Å². The number of hydrogen-bond acceptors (Lipinski definition) is 5. The SMILES string of the molecule is CCc1c(C(=O)C(N)=O)c2c(OC(C)C(=O)O)nc(C)cn2c1Cc1ccccc1-c1ccc(F)cc1. The van der Waals surface area contributed by atoms with E-state index in [1.54, 1.807) is 29.7 Å². The molecule has 3 N–H and O–H groups in total. The van der Waals surface area contributed by atoms with Gasteiger partial charge >= 0.3 is 5.97 Å². The predicted octanol–water partition coefficient (Wildman–Crippen LogP) is 4.12. The van der Waals surface area contributed by atoms with Crippen molar-refractivity contribution in [3.63, 3.8) is 0 Å². The zero-order valence-corrected chi connectivity index (χ0v) is 20.6. The van der Waals surface area contributed by atoms with Crippen molar-refractivity contribution in [3.05, 3.63) is 88.6 Å². The van der Waals surface area contributed by atoms with E-state index in [2.05, 4.69) is 4.98 Å². The number of amides is 1. The van der Waals surface area contributed by atoms with Crippen molar-refractivity contribution in [1.82, 2.24) is 9.38 Å². The van der Waals surface area contributed by atoms with E-state index < -0.39 is 23.8 Å². The van der Waals surface area contributed by atoms with Gasteiger partial charge in [0.25, 0.3) is 11.7 Å². The Bertz CT molecular complexity index is 1530. The number of aliphatic carboxylic acids is 1. The van der Waals surface area contributed by atoms with Crippen LogP contribution in [0.15, 0.2) is 54.7 Å². The predicted molar refractivity (Wildman–Crippen MR) is 135 cm³/mol. The van der Waals surface area contributed by atoms with Gasteiger partial charge in [-0.15, -0.1) is 0 Å². The molecule has 0 aliphatic carbocycles. The molecule has 0 saturated carbocycles. The van der Waals surface area contributed by atoms with Crippen LogP contribution in [0.2, 0.25) is 0 Å². The Morgan fingerprint density at radius 1 is 1.14 bits per heavy atom. The largest absolute Gasteiger partial charge is 0.479 e. The summed E-state index contributed by atoms with van der Waals surface area (Å²) >= 11 is 0. The number of hydrogen-bond donors (Lipinski definition) is 2. The first-order valence-electron chi connectivity index (χ1n) is 11.7. The molecular formula is C28H26FN3O5. The molecule has 4 aromatic rings. The van der Waals surface area contributed by atoms with Crippen molar-refractivity contribution >= 4 is 23.2 Å². The minimum atomic E-state index is -1.25. The number of nitrogens with zero attached hydrogens (tertiary/aromatic N) is 2. The Hall–Kier alpha value is -4.53. The lowest BCUT2D eigenvalue weighted by molar-refractivity contribution is -0.144. The Labute approximate surface area is 212 Å². The third-order valence-corrected chi connectivity index (χ3v) is 6.19. The van der Waals surface area contributed by atoms with Crippen LogP contribution < -0.4 is 10.5 Å². The van der Waals surface area contributed by atoms with Crippen LogP contribution >= 0.6 is 0 Å². The Morgan fingerprint density at radius 2 is 1.81 bits per heavy atom. The molecule has 2 aromatic carbocycles. The number of aromatic nitrogens is 2. The van der Waals surface area contributed by atoms with Crippen molar-refractivity contribution in [1.29, 1.82) is 0 Å². The smallest absolute Gasteiger partial charge is 0.344 e. The van der Waals surface area contributed by atoms with Crippen LogP contribution in [-0.4, -0.2) is 38.3 Å². The lowest BCUT2D eigenvalue weighted by Crippen LogP contribution is -2.25. The first-order chi connectivity index (χ1) is 17.6. The molecule has 190 valence electrons. The summed E-state index contributed by atoms with van der Waals surface area (Å²) in [5.74, 6) is -3.68. The number of aryl methyl sites for hydroxylation is 1. The quantitative estimate of drug-likeness (QED) is 0.262. The number of rotatable bonds is 9. The summed E-state index contributed by atoms with van der Waals surface area (Å²) < 4.78 is 20.9. The number of carboxylic acid groups (broad SMARTS) is 1. The molecule has 0 bridgehead atoms. The summed E-state index contributed by atoms with van der Waals surface area (Å²) in [6.45, 7) is 4.92. The molecule has 4 rings (SSSR count). The van der Waals surface area contributed by atoms with Gasteiger partial charge in [0.2, 0.25) is 5.88 Å². The molecule has 9 heteroatoms. The second-order valence-corrected chi connectivity index (χ2v) is 8.69. The lowest BCUT2D eigenvalue weighted by Gasteiger charge is -2.14. The Morgan fingerprint density at radius 3 is 2.43 bits per heavy atom. The molecule has 0 fully saturated rings. The van der Waals surface area contributed by atoms with Gasteiger partial charge in [-0.3, -0.25) is 9.59 Å². The van der Waals surface area contributed by atoms with Crippen molar-refractivity contribution in [2.24, 2.45) is 5.73 Å². The maximum absolute atomic E-state index is 13.6. The topological polar surface area (TPSA) is 124 Å². The zero-order chi connectivity index (χ0) is 26.9. The van der Waals surface area contributed by atoms with Gasteiger partial charge in [-0.2, -0.15) is 0 Å². The molecule has 0 aliphatic rings. The molecule has 37 heavy (non-hydrogen) atoms. The lowest BCUT2D eigenvalue weighted by atomic mass is 9.94. The van der Waals surface area contributed by atoms with Gasteiger partial charge in [-0.25, -0.2) is 14.2 Å². The second kappa shape index (κ2) is 10.2. The third-order valence-electron chi connectivity index (χ3n) is 6.19. The number of fused-ring (bicyclic) bond motifs is 1. The molecule has 1 amide bonds. The van der Waals surface area contributed by atoms with Crippen LogP contribution in [-0.2, 0) is 22.4 Å². The summed E-state index contributed by atoms with van der Waals surface area (Å²) in [5.41, 5.74) is 10.0. The Balaban J connectivity index is 1.99. The van der Waals surface area contributed by atoms with Crippen LogP contribution in [0.3, 0.4) is 0 Å². The number of carbonyl (C=O) groups excluding carboxylic acids is 2. The second-order valence-electron chi connectivity index (χ2n) is 8.69. The van der Waals surface area contributed by atoms with Crippen molar-refractivity contribution in [2.45, 2.75) is 39.7 Å². The van der Waals surface area contributed by atoms with Crippen LogP contribution in [0.25, 0.3) is 16.6 Å². The number of halogens is 1. The van der Waals surface area contributed by atoms with Crippen molar-refractivity contribution in [2.75, 3.05) is 0 Å². The maximum Gasteiger partial charge on any atom is 0.344 e. The van der Waals surface area contributed by atoms with E-state index in [1.165, 1.54) is 19.1 Å². The summed E-state index contributed by atoms with van der Waals surface area (Å²) in [7, 11) is 0. The van der Waals surface area contributed by atoms with E-state index in [-0.39, 0.29) is 22.8 Å². The van der Waals surface area contributed by atoms with Crippen LogP contribution in [0, 0.1) is 12.7 Å². The fraction of sp³-hybridized carbons (Fsp3) is 0.214. The van der Waals surface area contributed by atoms with E-state index >= 15 is 0 Å². The molecule has 0 radical (unpaired) electrons. The molecule has 0 aliphatic heterocycles. The maximum atomic E-state index is 13.6. The van der Waals surface area contributed by atoms with Crippen molar-refractivity contribution in [3.8, 4) is 17.0 Å². The fourth-order valence-corrected chi connectivity index (χ4v) is 4.48. The molecular weight excluding hydrogens is 477 g/mol. The number of ketones is 1. The normalized spacial score (nSPS) is 11.9. The highest BCUT2D eigenvalue weighted by molar-refractivity contribution is 6.44. The average Bonchev–Trinajstić information content (AvgIpc) is 3.17. The van der Waals surface area contributed by atoms with Gasteiger partial charge in [0.1, 0.15) is 11.3 Å². The minimum Gasteiger partial charge on any atom is -0.479 e. The van der Waals surface area contributed by atoms with E-state index in [0.29, 0.717) is 29.8 Å². The van der Waals surface area contributed by atoms with Crippen molar-refractivity contribution < 1.29 is 28.6 Å². The van der Waals surface area contributed by atoms with Gasteiger partial charge in [0.05, 0.1) is 11.3 Å². The average molecular weight is 504 g/mol. The minimum absolute atomic E-state index is 0.0457. The van der Waals surface area contributed by atoms with Gasteiger partial charge in [-0.1, -0.05) is 43.3 Å². The van der Waals surface area contributed by atoms with E-state index in [9.17, 15) is 23.9 Å². The number of carbonyl (C=O) groups is 3. The number of carboxylic acids is 1. The monoisotopic (exact) mass is 503 g/mol. The summed E-state index contributed by atoms with van der Waals surface area (Å²) in [5, 5.41) is 9.38. The highest BCUT2D eigenvalue weighted by Gasteiger charge is 2.30. The van der Waals surface area contributed by atoms with Crippen LogP contribution in [0.5, 0.6) is 5.88 Å². The van der Waals surface area contributed by atoms with E-state index in [4.69, 9.17) is 10.5 Å². The number of benzene rings is 2. The van der Waals surface area contributed by atoms with Gasteiger partial charge in [-0.05, 0) is 54.7 Å². The first-order valence-corrected chi connectivity index (χ1v) is 11.7. The fourth-order valence-electron chi connectivity index (χ4n) is 4.48. The molecule has 0 spiro atoms. The first kappa shape index (κ1) is 25.6. The third kappa shape index (κ3) is 4.93. The molecule has 2 aromatic heterocycles. The standard InChI is InChI=1S/C28H26FN3O5/c1-4-20-22(13-18-7-5-6-8-21(18)17-9-11-19(29)12-10-17)32-14-15(2)31-27(37-16(3)28(35)36)24(32)23(20)25(33)26(30)34/h5-12,14,16H,4,13H2,1-3H3,(H2,30,34)(H,35,36). The number of ether oxygens (including phenoxy) is 1. The van der Waals surface area contributed by atoms with Gasteiger partial charge in [0, 0.05) is 18.3 Å². The van der Waals surface area contributed by atoms with Gasteiger partial charge in [0.15, 0.2) is 6.10 Å². The summed E-state index contributed by atoms with van der Waals surface area (Å²) in [6, 6.07) is 13.8. The molecule has 1 atom stereocenters. The number of primary amides is 1. The molecule has 1 unspecified atom stereocenters. The highest BCUT2D eigenvalue weighted by Crippen LogP contribution is 2.35.